The van der Waals surface area contributed by atoms with Crippen LogP contribution in [0.3, 0.4) is 0 Å². The lowest BCUT2D eigenvalue weighted by Gasteiger charge is -2.12. The Hall–Kier alpha value is -1.62. The van der Waals surface area contributed by atoms with E-state index in [1.54, 1.807) is 0 Å². The summed E-state index contributed by atoms with van der Waals surface area (Å²) in [5.74, 6) is -0.579. The molecule has 0 bridgehead atoms. The highest BCUT2D eigenvalue weighted by molar-refractivity contribution is 5.69. The molecule has 0 heterocycles. The number of carbonyl (C=O) groups excluding carboxylic acids is 2. The zero-order valence-corrected chi connectivity index (χ0v) is 27.1. The number of esters is 2. The van der Waals surface area contributed by atoms with Gasteiger partial charge < -0.3 is 14.6 Å². The summed E-state index contributed by atoms with van der Waals surface area (Å²) in [4.78, 5) is 23.8. The van der Waals surface area contributed by atoms with Crippen molar-refractivity contribution in [2.45, 2.75) is 180 Å². The van der Waals surface area contributed by atoms with Crippen molar-refractivity contribution in [2.24, 2.45) is 0 Å². The summed E-state index contributed by atoms with van der Waals surface area (Å²) in [6.45, 7) is 4.25. The monoisotopic (exact) mass is 578 g/mol. The van der Waals surface area contributed by atoms with Gasteiger partial charge in [0.05, 0.1) is 0 Å². The van der Waals surface area contributed by atoms with Gasteiger partial charge in [-0.3, -0.25) is 9.59 Å². The minimum absolute atomic E-state index is 0.117. The van der Waals surface area contributed by atoms with Gasteiger partial charge in [0.1, 0.15) is 19.3 Å². The maximum Gasteiger partial charge on any atom is 0.305 e. The Morgan fingerprint density at radius 2 is 0.854 bits per heavy atom. The zero-order valence-electron chi connectivity index (χ0n) is 27.1. The fraction of sp³-hybridized carbons (Fsp3) is 0.833. The van der Waals surface area contributed by atoms with E-state index in [1.165, 1.54) is 96.3 Å². The van der Waals surface area contributed by atoms with Crippen LogP contribution in [0.25, 0.3) is 0 Å². The molecular weight excluding hydrogens is 512 g/mol. The Morgan fingerprint density at radius 3 is 1.27 bits per heavy atom. The van der Waals surface area contributed by atoms with Crippen molar-refractivity contribution in [3.05, 3.63) is 24.3 Å². The number of aliphatic hydroxyl groups excluding tert-OH is 1. The molecule has 0 spiro atoms. The Bertz CT molecular complexity index is 627. The quantitative estimate of drug-likeness (QED) is 0.0503. The average Bonchev–Trinajstić information content (AvgIpc) is 2.97. The van der Waals surface area contributed by atoms with E-state index in [2.05, 4.69) is 38.2 Å². The van der Waals surface area contributed by atoms with Gasteiger partial charge in [-0.05, 0) is 44.9 Å². The molecule has 0 amide bonds. The number of hydrogen-bond donors (Lipinski definition) is 1. The highest BCUT2D eigenvalue weighted by Crippen LogP contribution is 2.12. The van der Waals surface area contributed by atoms with Gasteiger partial charge in [-0.1, -0.05) is 141 Å². The lowest BCUT2D eigenvalue weighted by molar-refractivity contribution is -0.152. The molecule has 1 atom stereocenters. The predicted octanol–water partition coefficient (Wildman–Crippen LogP) is 10.3. The summed E-state index contributed by atoms with van der Waals surface area (Å²) in [5, 5.41) is 9.96. The van der Waals surface area contributed by atoms with Gasteiger partial charge in [-0.15, -0.1) is 0 Å². The summed E-state index contributed by atoms with van der Waals surface area (Å²) in [7, 11) is 0. The Kier molecular flexibility index (Phi) is 31.6. The molecule has 0 saturated heterocycles. The van der Waals surface area contributed by atoms with Crippen LogP contribution in [0.4, 0.5) is 0 Å². The summed E-state index contributed by atoms with van der Waals surface area (Å²) in [6.07, 6.45) is 36.5. The number of aliphatic hydroxyl groups is 1. The third-order valence-electron chi connectivity index (χ3n) is 7.44. The summed E-state index contributed by atoms with van der Waals surface area (Å²) in [6, 6.07) is 0. The van der Waals surface area contributed by atoms with Crippen molar-refractivity contribution in [3.63, 3.8) is 0 Å². The largest absolute Gasteiger partial charge is 0.463 e. The van der Waals surface area contributed by atoms with Crippen LogP contribution in [-0.4, -0.2) is 36.4 Å². The second-order valence-corrected chi connectivity index (χ2v) is 11.6. The summed E-state index contributed by atoms with van der Waals surface area (Å²) < 4.78 is 10.3. The first-order chi connectivity index (χ1) is 20.1. The van der Waals surface area contributed by atoms with Crippen molar-refractivity contribution < 1.29 is 24.2 Å². The molecule has 0 unspecified atom stereocenters. The topological polar surface area (TPSA) is 72.8 Å². The molecule has 5 nitrogen and oxygen atoms in total. The molecule has 0 aromatic heterocycles. The van der Waals surface area contributed by atoms with Gasteiger partial charge in [-0.2, -0.15) is 0 Å². The molecule has 0 saturated carbocycles. The van der Waals surface area contributed by atoms with E-state index in [-0.39, 0.29) is 25.2 Å². The normalized spacial score (nSPS) is 12.4. The standard InChI is InChI=1S/C36H66O5/c1-3-5-7-9-11-13-15-16-17-18-19-21-23-25-27-29-31-36(39)41-33-34(37)32-40-35(38)30-28-26-24-22-20-14-12-10-8-6-4-2/h13,15,17-18,34,37H,3-12,14,16,19-33H2,1-2H3/b15-13-,18-17-/t34-/m1/s1. The van der Waals surface area contributed by atoms with E-state index < -0.39 is 6.10 Å². The van der Waals surface area contributed by atoms with Gasteiger partial charge in [0.25, 0.3) is 0 Å². The molecule has 0 aromatic rings. The van der Waals surface area contributed by atoms with Crippen LogP contribution in [0.2, 0.25) is 0 Å². The molecular formula is C36H66O5. The fourth-order valence-electron chi connectivity index (χ4n) is 4.76. The van der Waals surface area contributed by atoms with E-state index in [1.807, 2.05) is 0 Å². The minimum Gasteiger partial charge on any atom is -0.463 e. The molecule has 0 aliphatic heterocycles. The Morgan fingerprint density at radius 1 is 0.512 bits per heavy atom. The first-order valence-corrected chi connectivity index (χ1v) is 17.4. The van der Waals surface area contributed by atoms with Crippen molar-refractivity contribution in [1.29, 1.82) is 0 Å². The van der Waals surface area contributed by atoms with E-state index in [4.69, 9.17) is 9.47 Å². The third kappa shape index (κ3) is 32.8. The molecule has 5 heteroatoms. The Balaban J connectivity index is 3.46. The van der Waals surface area contributed by atoms with E-state index >= 15 is 0 Å². The third-order valence-corrected chi connectivity index (χ3v) is 7.44. The average molecular weight is 579 g/mol. The molecule has 0 fully saturated rings. The lowest BCUT2D eigenvalue weighted by Crippen LogP contribution is -2.25. The first-order valence-electron chi connectivity index (χ1n) is 17.4. The van der Waals surface area contributed by atoms with Crippen molar-refractivity contribution in [3.8, 4) is 0 Å². The van der Waals surface area contributed by atoms with E-state index in [0.29, 0.717) is 12.8 Å². The first kappa shape index (κ1) is 39.4. The maximum absolute atomic E-state index is 11.9. The molecule has 0 aliphatic carbocycles. The van der Waals surface area contributed by atoms with Crippen LogP contribution < -0.4 is 0 Å². The fourth-order valence-corrected chi connectivity index (χ4v) is 4.76. The van der Waals surface area contributed by atoms with Gasteiger partial charge in [0, 0.05) is 12.8 Å². The number of allylic oxidation sites excluding steroid dienone is 4. The zero-order chi connectivity index (χ0) is 30.1. The lowest BCUT2D eigenvalue weighted by atomic mass is 10.1. The number of carbonyl (C=O) groups is 2. The second-order valence-electron chi connectivity index (χ2n) is 11.6. The smallest absolute Gasteiger partial charge is 0.305 e. The van der Waals surface area contributed by atoms with Crippen LogP contribution in [-0.2, 0) is 19.1 Å². The number of ether oxygens (including phenoxy) is 2. The van der Waals surface area contributed by atoms with Gasteiger partial charge >= 0.3 is 11.9 Å². The van der Waals surface area contributed by atoms with Crippen LogP contribution in [0, 0.1) is 0 Å². The van der Waals surface area contributed by atoms with Crippen LogP contribution in [0.15, 0.2) is 24.3 Å². The highest BCUT2D eigenvalue weighted by Gasteiger charge is 2.12. The second kappa shape index (κ2) is 32.9. The van der Waals surface area contributed by atoms with Crippen LogP contribution in [0.1, 0.15) is 174 Å². The number of unbranched alkanes of at least 4 members (excludes halogenated alkanes) is 19. The van der Waals surface area contributed by atoms with E-state index in [0.717, 1.165) is 51.4 Å². The number of hydrogen-bond acceptors (Lipinski definition) is 5. The van der Waals surface area contributed by atoms with Crippen molar-refractivity contribution in [2.75, 3.05) is 13.2 Å². The van der Waals surface area contributed by atoms with Gasteiger partial charge in [0.2, 0.25) is 0 Å². The molecule has 0 radical (unpaired) electrons. The molecule has 1 N–H and O–H groups in total. The van der Waals surface area contributed by atoms with Crippen molar-refractivity contribution in [1.82, 2.24) is 0 Å². The highest BCUT2D eigenvalue weighted by atomic mass is 16.6. The maximum atomic E-state index is 11.9. The molecule has 240 valence electrons. The van der Waals surface area contributed by atoms with Gasteiger partial charge in [-0.25, -0.2) is 0 Å². The summed E-state index contributed by atoms with van der Waals surface area (Å²) >= 11 is 0. The molecule has 41 heavy (non-hydrogen) atoms. The molecule has 0 aliphatic rings. The van der Waals surface area contributed by atoms with Crippen LogP contribution >= 0.6 is 0 Å². The van der Waals surface area contributed by atoms with Gasteiger partial charge in [0.15, 0.2) is 0 Å². The Labute approximate surface area is 253 Å². The van der Waals surface area contributed by atoms with Crippen LogP contribution in [0.5, 0.6) is 0 Å². The molecule has 0 aromatic carbocycles. The summed E-state index contributed by atoms with van der Waals surface area (Å²) in [5.41, 5.74) is 0. The van der Waals surface area contributed by atoms with Crippen molar-refractivity contribution >= 4 is 11.9 Å². The predicted molar refractivity (Wildman–Crippen MR) is 173 cm³/mol. The SMILES string of the molecule is CCCCCC/C=C\C/C=C\CCCCCCCC(=O)OC[C@H](O)COC(=O)CCCCCCCCCCCCC. The minimum atomic E-state index is -0.963. The van der Waals surface area contributed by atoms with E-state index in [9.17, 15) is 14.7 Å². The number of rotatable bonds is 31. The molecule has 0 rings (SSSR count).